The summed E-state index contributed by atoms with van der Waals surface area (Å²) < 4.78 is 0. The molecular weight excluding hydrogens is 99.5 g/mol. The molecule has 0 aliphatic carbocycles. The Morgan fingerprint density at radius 1 is 1.83 bits per heavy atom. The lowest BCUT2D eigenvalue weighted by Gasteiger charge is -1.82. The molecule has 1 N–H and O–H groups in total. The second-order valence-corrected chi connectivity index (χ2v) is 1.38. The van der Waals surface area contributed by atoms with Gasteiger partial charge in [-0.1, -0.05) is 11.6 Å². The molecule has 36 valence electrons. The molecule has 0 radical (unpaired) electrons. The van der Waals surface area contributed by atoms with Crippen LogP contribution in [0.3, 0.4) is 0 Å². The molecule has 0 saturated carbocycles. The minimum Gasteiger partial charge on any atom is -0.312 e. The van der Waals surface area contributed by atoms with Crippen molar-refractivity contribution in [1.82, 2.24) is 5.43 Å². The molecule has 0 spiro atoms. The van der Waals surface area contributed by atoms with E-state index < -0.39 is 0 Å². The van der Waals surface area contributed by atoms with Gasteiger partial charge in [-0.15, -0.1) is 0 Å². The molecule has 0 unspecified atom stereocenters. The van der Waals surface area contributed by atoms with E-state index in [1.807, 2.05) is 0 Å². The van der Waals surface area contributed by atoms with Crippen LogP contribution >= 0.6 is 11.6 Å². The number of hydrazone groups is 1. The van der Waals surface area contributed by atoms with Crippen molar-refractivity contribution >= 4 is 16.8 Å². The highest BCUT2D eigenvalue weighted by atomic mass is 35.5. The van der Waals surface area contributed by atoms with E-state index >= 15 is 0 Å². The van der Waals surface area contributed by atoms with Crippen LogP contribution in [0.25, 0.3) is 0 Å². The van der Waals surface area contributed by atoms with Gasteiger partial charge in [-0.3, -0.25) is 0 Å². The minimum absolute atomic E-state index is 0.525. The van der Waals surface area contributed by atoms with Crippen molar-refractivity contribution in [3.05, 3.63) is 0 Å². The molecule has 0 heterocycles. The molecule has 0 aromatic carbocycles. The predicted octanol–water partition coefficient (Wildman–Crippen LogP) is 0.778. The average Bonchev–Trinajstić information content (AvgIpc) is 1.35. The van der Waals surface area contributed by atoms with Gasteiger partial charge in [0.2, 0.25) is 0 Å². The molecule has 0 saturated heterocycles. The topological polar surface area (TPSA) is 24.4 Å². The summed E-state index contributed by atoms with van der Waals surface area (Å²) in [6.07, 6.45) is 0. The van der Waals surface area contributed by atoms with Gasteiger partial charge in [0.05, 0.1) is 0 Å². The maximum atomic E-state index is 5.27. The Bertz CT molecular complexity index is 55.8. The third-order valence-electron chi connectivity index (χ3n) is 0.266. The Morgan fingerprint density at radius 3 is 2.33 bits per heavy atom. The third-order valence-corrected chi connectivity index (χ3v) is 0.350. The quantitative estimate of drug-likeness (QED) is 0.388. The monoisotopic (exact) mass is 106 g/mol. The van der Waals surface area contributed by atoms with Crippen molar-refractivity contribution in [2.75, 3.05) is 7.05 Å². The second kappa shape index (κ2) is 2.97. The molecule has 0 aliphatic heterocycles. The SMILES string of the molecule is CNN=C(C)Cl. The van der Waals surface area contributed by atoms with Crippen LogP contribution in [0.1, 0.15) is 6.92 Å². The molecule has 0 aromatic heterocycles. The van der Waals surface area contributed by atoms with Gasteiger partial charge < -0.3 is 5.43 Å². The number of nitrogens with one attached hydrogen (secondary N) is 1. The summed E-state index contributed by atoms with van der Waals surface area (Å²) in [5.74, 6) is 0. The highest BCUT2D eigenvalue weighted by Crippen LogP contribution is 1.76. The molecule has 6 heavy (non-hydrogen) atoms. The first kappa shape index (κ1) is 5.76. The zero-order valence-electron chi connectivity index (χ0n) is 3.83. The van der Waals surface area contributed by atoms with Gasteiger partial charge in [0.25, 0.3) is 0 Å². The standard InChI is InChI=1S/C3H7ClN2/c1-3(4)6-5-2/h5H,1-2H3. The van der Waals surface area contributed by atoms with E-state index in [4.69, 9.17) is 11.6 Å². The van der Waals surface area contributed by atoms with E-state index in [0.717, 1.165) is 0 Å². The van der Waals surface area contributed by atoms with Crippen molar-refractivity contribution < 1.29 is 0 Å². The summed E-state index contributed by atoms with van der Waals surface area (Å²) in [7, 11) is 1.70. The fourth-order valence-electron chi connectivity index (χ4n) is 0.154. The highest BCUT2D eigenvalue weighted by Gasteiger charge is 1.70. The maximum Gasteiger partial charge on any atom is 0.123 e. The number of halogens is 1. The fraction of sp³-hybridized carbons (Fsp3) is 0.667. The van der Waals surface area contributed by atoms with Crippen LogP contribution in [-0.2, 0) is 0 Å². The van der Waals surface area contributed by atoms with E-state index in [9.17, 15) is 0 Å². The van der Waals surface area contributed by atoms with E-state index in [1.54, 1.807) is 14.0 Å². The van der Waals surface area contributed by atoms with Gasteiger partial charge >= 0.3 is 0 Å². The van der Waals surface area contributed by atoms with E-state index in [0.29, 0.717) is 5.17 Å². The van der Waals surface area contributed by atoms with Gasteiger partial charge in [-0.25, -0.2) is 0 Å². The zero-order valence-corrected chi connectivity index (χ0v) is 4.58. The summed E-state index contributed by atoms with van der Waals surface area (Å²) in [5.41, 5.74) is 2.52. The average molecular weight is 107 g/mol. The van der Waals surface area contributed by atoms with Crippen LogP contribution in [-0.4, -0.2) is 12.2 Å². The predicted molar refractivity (Wildman–Crippen MR) is 28.0 cm³/mol. The Labute approximate surface area is 42.2 Å². The normalized spacial score (nSPS) is 11.5. The molecule has 0 aromatic rings. The van der Waals surface area contributed by atoms with Crippen LogP contribution in [0.15, 0.2) is 5.10 Å². The van der Waals surface area contributed by atoms with E-state index in [2.05, 4.69) is 10.5 Å². The van der Waals surface area contributed by atoms with Crippen molar-refractivity contribution in [2.24, 2.45) is 5.10 Å². The number of hydrogen-bond acceptors (Lipinski definition) is 2. The number of hydrogen-bond donors (Lipinski definition) is 1. The summed E-state index contributed by atoms with van der Waals surface area (Å²) in [6.45, 7) is 1.71. The van der Waals surface area contributed by atoms with Crippen LogP contribution in [0.2, 0.25) is 0 Å². The van der Waals surface area contributed by atoms with E-state index in [-0.39, 0.29) is 0 Å². The lowest BCUT2D eigenvalue weighted by molar-refractivity contribution is 0.904. The molecule has 0 rings (SSSR count). The number of rotatable bonds is 1. The van der Waals surface area contributed by atoms with Gasteiger partial charge in [-0.2, -0.15) is 5.10 Å². The zero-order chi connectivity index (χ0) is 4.99. The fourth-order valence-corrected chi connectivity index (χ4v) is 0.239. The first-order valence-corrected chi connectivity index (χ1v) is 2.01. The smallest absolute Gasteiger partial charge is 0.123 e. The lowest BCUT2D eigenvalue weighted by atomic mass is 10.9. The van der Waals surface area contributed by atoms with Crippen molar-refractivity contribution in [3.8, 4) is 0 Å². The second-order valence-electron chi connectivity index (χ2n) is 0.833. The van der Waals surface area contributed by atoms with Gasteiger partial charge in [0, 0.05) is 7.05 Å². The summed E-state index contributed by atoms with van der Waals surface area (Å²) in [6, 6.07) is 0. The van der Waals surface area contributed by atoms with Gasteiger partial charge in [0.15, 0.2) is 0 Å². The Hall–Kier alpha value is -0.240. The van der Waals surface area contributed by atoms with Crippen LogP contribution in [0.4, 0.5) is 0 Å². The van der Waals surface area contributed by atoms with Crippen molar-refractivity contribution in [1.29, 1.82) is 0 Å². The largest absolute Gasteiger partial charge is 0.312 e. The molecule has 0 atom stereocenters. The molecule has 0 aliphatic rings. The molecule has 3 heteroatoms. The highest BCUT2D eigenvalue weighted by molar-refractivity contribution is 6.64. The Morgan fingerprint density at radius 2 is 2.33 bits per heavy atom. The molecule has 0 amide bonds. The first-order valence-electron chi connectivity index (χ1n) is 1.64. The Balaban J connectivity index is 3.14. The third kappa shape index (κ3) is 3.76. The van der Waals surface area contributed by atoms with Gasteiger partial charge in [0.1, 0.15) is 5.17 Å². The summed E-state index contributed by atoms with van der Waals surface area (Å²) in [5, 5.41) is 4.08. The lowest BCUT2D eigenvalue weighted by Crippen LogP contribution is -1.94. The Kier molecular flexibility index (Phi) is 2.85. The van der Waals surface area contributed by atoms with Crippen molar-refractivity contribution in [2.45, 2.75) is 6.92 Å². The van der Waals surface area contributed by atoms with Crippen LogP contribution in [0.5, 0.6) is 0 Å². The molecule has 0 fully saturated rings. The maximum absolute atomic E-state index is 5.27. The summed E-state index contributed by atoms with van der Waals surface area (Å²) >= 11 is 5.27. The van der Waals surface area contributed by atoms with Crippen molar-refractivity contribution in [3.63, 3.8) is 0 Å². The summed E-state index contributed by atoms with van der Waals surface area (Å²) in [4.78, 5) is 0. The van der Waals surface area contributed by atoms with Crippen LogP contribution < -0.4 is 5.43 Å². The van der Waals surface area contributed by atoms with Gasteiger partial charge in [-0.05, 0) is 6.92 Å². The number of nitrogens with zero attached hydrogens (tertiary/aromatic N) is 1. The van der Waals surface area contributed by atoms with Crippen LogP contribution in [0, 0.1) is 0 Å². The molecular formula is C3H7ClN2. The molecule has 0 bridgehead atoms. The first-order chi connectivity index (χ1) is 2.77. The minimum atomic E-state index is 0.525. The molecule has 2 nitrogen and oxygen atoms in total. The van der Waals surface area contributed by atoms with E-state index in [1.165, 1.54) is 0 Å².